The van der Waals surface area contributed by atoms with Crippen LogP contribution in [0.1, 0.15) is 11.1 Å². The van der Waals surface area contributed by atoms with Crippen molar-refractivity contribution in [3.05, 3.63) is 68.4 Å². The van der Waals surface area contributed by atoms with Crippen LogP contribution in [-0.2, 0) is 11.8 Å². The quantitative estimate of drug-likeness (QED) is 0.806. The summed E-state index contributed by atoms with van der Waals surface area (Å²) in [5, 5.41) is 3.35. The van der Waals surface area contributed by atoms with Crippen LogP contribution in [0.25, 0.3) is 0 Å². The molecule has 0 saturated carbocycles. The van der Waals surface area contributed by atoms with E-state index in [4.69, 9.17) is 0 Å². The van der Waals surface area contributed by atoms with Gasteiger partial charge in [-0.15, -0.1) is 0 Å². The average Bonchev–Trinajstić information content (AvgIpc) is 2.40. The van der Waals surface area contributed by atoms with Gasteiger partial charge in [0.1, 0.15) is 5.82 Å². The normalized spacial score (nSPS) is 16.8. The minimum Gasteiger partial charge on any atom is -0.315 e. The van der Waals surface area contributed by atoms with Gasteiger partial charge in [0.15, 0.2) is 0 Å². The Balaban J connectivity index is 1.94. The van der Waals surface area contributed by atoms with Crippen molar-refractivity contribution >= 4 is 31.9 Å². The molecule has 2 aromatic rings. The van der Waals surface area contributed by atoms with Crippen molar-refractivity contribution in [2.45, 2.75) is 11.8 Å². The number of nitrogens with one attached hydrogen (secondary N) is 1. The van der Waals surface area contributed by atoms with Crippen molar-refractivity contribution in [2.24, 2.45) is 0 Å². The predicted octanol–water partition coefficient (Wildman–Crippen LogP) is 4.43. The monoisotopic (exact) mass is 397 g/mol. The third-order valence-corrected chi connectivity index (χ3v) is 5.36. The molecule has 0 radical (unpaired) electrons. The second-order valence-corrected chi connectivity index (χ2v) is 6.99. The fraction of sp³-hybridized carbons (Fsp3) is 0.250. The summed E-state index contributed by atoms with van der Waals surface area (Å²) in [5.74, 6) is -0.194. The molecule has 1 aliphatic rings. The predicted molar refractivity (Wildman–Crippen MR) is 86.5 cm³/mol. The standard InChI is InChI=1S/C16H14Br2FN/c17-13-6-4-12(5-7-13)16(9-20-10-16)8-11-2-1-3-14(19)15(11)18/h1-7,20H,8-10H2. The third-order valence-electron chi connectivity index (χ3n) is 3.94. The summed E-state index contributed by atoms with van der Waals surface area (Å²) in [6.45, 7) is 1.86. The summed E-state index contributed by atoms with van der Waals surface area (Å²) < 4.78 is 15.3. The van der Waals surface area contributed by atoms with Crippen LogP contribution in [0.3, 0.4) is 0 Å². The summed E-state index contributed by atoms with van der Waals surface area (Å²) in [6, 6.07) is 13.7. The van der Waals surface area contributed by atoms with Crippen LogP contribution < -0.4 is 5.32 Å². The lowest BCUT2D eigenvalue weighted by molar-refractivity contribution is 0.274. The molecule has 0 atom stereocenters. The average molecular weight is 399 g/mol. The molecular weight excluding hydrogens is 385 g/mol. The van der Waals surface area contributed by atoms with E-state index in [0.717, 1.165) is 29.5 Å². The van der Waals surface area contributed by atoms with E-state index in [1.54, 1.807) is 6.07 Å². The molecule has 1 aliphatic heterocycles. The first kappa shape index (κ1) is 14.2. The molecule has 0 bridgehead atoms. The maximum Gasteiger partial charge on any atom is 0.137 e. The Hall–Kier alpha value is -0.710. The molecule has 0 aliphatic carbocycles. The molecule has 3 rings (SSSR count). The molecule has 1 saturated heterocycles. The molecule has 20 heavy (non-hydrogen) atoms. The minimum atomic E-state index is -0.194. The van der Waals surface area contributed by atoms with Gasteiger partial charge in [-0.2, -0.15) is 0 Å². The lowest BCUT2D eigenvalue weighted by atomic mass is 9.71. The van der Waals surface area contributed by atoms with E-state index in [0.29, 0.717) is 4.47 Å². The molecule has 1 N–H and O–H groups in total. The van der Waals surface area contributed by atoms with E-state index >= 15 is 0 Å². The van der Waals surface area contributed by atoms with Gasteiger partial charge in [0.05, 0.1) is 4.47 Å². The van der Waals surface area contributed by atoms with E-state index in [2.05, 4.69) is 61.4 Å². The van der Waals surface area contributed by atoms with Crippen LogP contribution in [0, 0.1) is 5.82 Å². The van der Waals surface area contributed by atoms with Gasteiger partial charge >= 0.3 is 0 Å². The first-order valence-electron chi connectivity index (χ1n) is 6.50. The van der Waals surface area contributed by atoms with Gasteiger partial charge < -0.3 is 5.32 Å². The summed E-state index contributed by atoms with van der Waals surface area (Å²) in [6.07, 6.45) is 0.833. The number of benzene rings is 2. The van der Waals surface area contributed by atoms with E-state index in [-0.39, 0.29) is 11.2 Å². The van der Waals surface area contributed by atoms with Crippen LogP contribution >= 0.6 is 31.9 Å². The van der Waals surface area contributed by atoms with Crippen molar-refractivity contribution < 1.29 is 4.39 Å². The highest BCUT2D eigenvalue weighted by Gasteiger charge is 2.39. The van der Waals surface area contributed by atoms with Gasteiger partial charge in [-0.05, 0) is 51.7 Å². The maximum absolute atomic E-state index is 13.7. The second-order valence-electron chi connectivity index (χ2n) is 5.28. The zero-order valence-electron chi connectivity index (χ0n) is 10.8. The summed E-state index contributed by atoms with van der Waals surface area (Å²) in [7, 11) is 0. The Morgan fingerprint density at radius 1 is 1.05 bits per heavy atom. The molecule has 0 aromatic heterocycles. The van der Waals surface area contributed by atoms with Crippen LogP contribution in [0.4, 0.5) is 4.39 Å². The van der Waals surface area contributed by atoms with Crippen LogP contribution in [0.5, 0.6) is 0 Å². The van der Waals surface area contributed by atoms with E-state index in [1.807, 2.05) is 6.07 Å². The van der Waals surface area contributed by atoms with E-state index in [1.165, 1.54) is 11.6 Å². The zero-order valence-corrected chi connectivity index (χ0v) is 14.0. The van der Waals surface area contributed by atoms with Gasteiger partial charge in [0, 0.05) is 23.0 Å². The first-order valence-corrected chi connectivity index (χ1v) is 8.09. The Morgan fingerprint density at radius 3 is 2.35 bits per heavy atom. The highest BCUT2D eigenvalue weighted by atomic mass is 79.9. The van der Waals surface area contributed by atoms with Gasteiger partial charge in [-0.3, -0.25) is 0 Å². The molecule has 0 unspecified atom stereocenters. The van der Waals surface area contributed by atoms with Gasteiger partial charge in [-0.1, -0.05) is 40.2 Å². The van der Waals surface area contributed by atoms with Crippen molar-refractivity contribution in [3.8, 4) is 0 Å². The Labute approximate surface area is 134 Å². The van der Waals surface area contributed by atoms with Crippen molar-refractivity contribution in [2.75, 3.05) is 13.1 Å². The lowest BCUT2D eigenvalue weighted by Crippen LogP contribution is -2.58. The fourth-order valence-corrected chi connectivity index (χ4v) is 3.38. The molecule has 0 amide bonds. The zero-order chi connectivity index (χ0) is 14.2. The highest BCUT2D eigenvalue weighted by Crippen LogP contribution is 2.35. The molecule has 1 heterocycles. The second kappa shape index (κ2) is 5.58. The van der Waals surface area contributed by atoms with Crippen molar-refractivity contribution in [3.63, 3.8) is 0 Å². The molecule has 4 heteroatoms. The Bertz CT molecular complexity index is 621. The molecule has 104 valence electrons. The molecule has 1 nitrogen and oxygen atoms in total. The number of hydrogen-bond donors (Lipinski definition) is 1. The molecule has 2 aromatic carbocycles. The first-order chi connectivity index (χ1) is 9.61. The number of hydrogen-bond acceptors (Lipinski definition) is 1. The molecule has 0 spiro atoms. The fourth-order valence-electron chi connectivity index (χ4n) is 2.71. The number of halogens is 3. The SMILES string of the molecule is Fc1cccc(CC2(c3ccc(Br)cc3)CNC2)c1Br. The van der Waals surface area contributed by atoms with Crippen LogP contribution in [0.15, 0.2) is 51.4 Å². The van der Waals surface area contributed by atoms with Crippen LogP contribution in [0.2, 0.25) is 0 Å². The summed E-state index contributed by atoms with van der Waals surface area (Å²) in [5.41, 5.74) is 2.39. The van der Waals surface area contributed by atoms with Gasteiger partial charge in [-0.25, -0.2) is 4.39 Å². The summed E-state index contributed by atoms with van der Waals surface area (Å²) >= 11 is 6.83. The van der Waals surface area contributed by atoms with E-state index in [9.17, 15) is 4.39 Å². The Kier molecular flexibility index (Phi) is 3.98. The maximum atomic E-state index is 13.7. The van der Waals surface area contributed by atoms with Crippen molar-refractivity contribution in [1.29, 1.82) is 0 Å². The topological polar surface area (TPSA) is 12.0 Å². The molecular formula is C16H14Br2FN. The molecule has 1 fully saturated rings. The Morgan fingerprint density at radius 2 is 1.75 bits per heavy atom. The number of rotatable bonds is 3. The summed E-state index contributed by atoms with van der Waals surface area (Å²) in [4.78, 5) is 0. The largest absolute Gasteiger partial charge is 0.315 e. The van der Waals surface area contributed by atoms with Gasteiger partial charge in [0.25, 0.3) is 0 Å². The lowest BCUT2D eigenvalue weighted by Gasteiger charge is -2.43. The van der Waals surface area contributed by atoms with E-state index < -0.39 is 0 Å². The van der Waals surface area contributed by atoms with Crippen molar-refractivity contribution in [1.82, 2.24) is 5.32 Å². The highest BCUT2D eigenvalue weighted by molar-refractivity contribution is 9.10. The third kappa shape index (κ3) is 2.57. The van der Waals surface area contributed by atoms with Crippen LogP contribution in [-0.4, -0.2) is 13.1 Å². The smallest absolute Gasteiger partial charge is 0.137 e. The minimum absolute atomic E-state index is 0.0665. The van der Waals surface area contributed by atoms with Gasteiger partial charge in [0.2, 0.25) is 0 Å².